The molecule has 1 aliphatic heterocycles. The van der Waals surface area contributed by atoms with Gasteiger partial charge in [0.25, 0.3) is 0 Å². The molecule has 0 unspecified atom stereocenters. The van der Waals surface area contributed by atoms with Gasteiger partial charge in [0.2, 0.25) is 5.91 Å². The van der Waals surface area contributed by atoms with Crippen LogP contribution in [0.15, 0.2) is 30.3 Å². The van der Waals surface area contributed by atoms with Gasteiger partial charge in [0.05, 0.1) is 11.5 Å². The Bertz CT molecular complexity index is 616. The van der Waals surface area contributed by atoms with Crippen molar-refractivity contribution < 1.29 is 14.3 Å². The molecule has 2 fully saturated rings. The molecule has 1 heterocycles. The molecular weight excluding hydrogens is 358 g/mol. The highest BCUT2D eigenvalue weighted by Gasteiger charge is 2.53. The molecule has 0 radical (unpaired) electrons. The average Bonchev–Trinajstić information content (AvgIpc) is 3.01. The Labute approximate surface area is 158 Å². The number of benzene rings is 1. The van der Waals surface area contributed by atoms with Gasteiger partial charge in [0.1, 0.15) is 11.9 Å². The number of rotatable bonds is 4. The Hall–Kier alpha value is -1.20. The van der Waals surface area contributed by atoms with Gasteiger partial charge < -0.3 is 9.64 Å². The molecule has 4 nitrogen and oxygen atoms in total. The third-order valence-corrected chi connectivity index (χ3v) is 7.09. The molecule has 1 aromatic carbocycles. The van der Waals surface area contributed by atoms with Crippen LogP contribution in [0.2, 0.25) is 0 Å². The zero-order valence-corrected chi connectivity index (χ0v) is 16.0. The van der Waals surface area contributed by atoms with Crippen LogP contribution in [-0.4, -0.2) is 45.9 Å². The lowest BCUT2D eigenvalue weighted by Crippen LogP contribution is -2.54. The van der Waals surface area contributed by atoms with E-state index in [0.29, 0.717) is 18.3 Å². The van der Waals surface area contributed by atoms with Gasteiger partial charge in [-0.05, 0) is 44.1 Å². The predicted molar refractivity (Wildman–Crippen MR) is 101 cm³/mol. The monoisotopic (exact) mass is 381 g/mol. The van der Waals surface area contributed by atoms with Gasteiger partial charge in [-0.25, -0.2) is 4.79 Å². The van der Waals surface area contributed by atoms with Crippen LogP contribution < -0.4 is 0 Å². The smallest absolute Gasteiger partial charge is 0.329 e. The minimum Gasteiger partial charge on any atom is -0.464 e. The van der Waals surface area contributed by atoms with E-state index in [1.807, 2.05) is 6.07 Å². The molecule has 25 heavy (non-hydrogen) atoms. The third kappa shape index (κ3) is 3.68. The van der Waals surface area contributed by atoms with Crippen LogP contribution in [0.5, 0.6) is 0 Å². The summed E-state index contributed by atoms with van der Waals surface area (Å²) in [4.78, 5) is 26.3. The summed E-state index contributed by atoms with van der Waals surface area (Å²) in [6, 6.07) is 10.0. The molecule has 2 aliphatic rings. The zero-order chi connectivity index (χ0) is 17.9. The highest BCUT2D eigenvalue weighted by atomic mass is 35.5. The minimum atomic E-state index is -0.510. The van der Waals surface area contributed by atoms with E-state index in [1.54, 1.807) is 23.6 Å². The first-order chi connectivity index (χ1) is 12.1. The standard InChI is InChI=1S/C19H24ClNO3S/c1-2-24-18(23)16-13-25-19(21(16)17(22)12-20)10-8-15(9-11-19)14-6-4-3-5-7-14/h3-7,15-16H,2,8-13H2,1H3/t15?,16-,19?/m0/s1. The van der Waals surface area contributed by atoms with E-state index in [9.17, 15) is 9.59 Å². The SMILES string of the molecule is CCOC(=O)[C@@H]1CSC2(CCC(c3ccccc3)CC2)N1C(=O)CCl. The maximum Gasteiger partial charge on any atom is 0.329 e. The number of nitrogens with zero attached hydrogens (tertiary/aromatic N) is 1. The van der Waals surface area contributed by atoms with Gasteiger partial charge in [0, 0.05) is 5.75 Å². The lowest BCUT2D eigenvalue weighted by molar-refractivity contribution is -0.155. The van der Waals surface area contributed by atoms with E-state index >= 15 is 0 Å². The molecule has 0 N–H and O–H groups in total. The first-order valence-corrected chi connectivity index (χ1v) is 10.4. The van der Waals surface area contributed by atoms with Crippen molar-refractivity contribution >= 4 is 35.2 Å². The Morgan fingerprint density at radius 2 is 1.96 bits per heavy atom. The summed E-state index contributed by atoms with van der Waals surface area (Å²) in [5.74, 6) is 0.540. The summed E-state index contributed by atoms with van der Waals surface area (Å²) >= 11 is 7.58. The van der Waals surface area contributed by atoms with Crippen molar-refractivity contribution in [2.75, 3.05) is 18.2 Å². The van der Waals surface area contributed by atoms with Gasteiger partial charge in [-0.1, -0.05) is 30.3 Å². The second kappa shape index (κ2) is 8.00. The van der Waals surface area contributed by atoms with Crippen molar-refractivity contribution in [3.63, 3.8) is 0 Å². The van der Waals surface area contributed by atoms with Crippen molar-refractivity contribution in [1.29, 1.82) is 0 Å². The predicted octanol–water partition coefficient (Wildman–Crippen LogP) is 3.79. The van der Waals surface area contributed by atoms with Crippen molar-refractivity contribution in [2.45, 2.75) is 49.4 Å². The fourth-order valence-electron chi connectivity index (χ4n) is 4.05. The van der Waals surface area contributed by atoms with Gasteiger partial charge in [-0.3, -0.25) is 4.79 Å². The molecule has 1 amide bonds. The van der Waals surface area contributed by atoms with Crippen molar-refractivity contribution in [3.8, 4) is 0 Å². The van der Waals surface area contributed by atoms with E-state index in [-0.39, 0.29) is 22.6 Å². The van der Waals surface area contributed by atoms with Crippen LogP contribution in [-0.2, 0) is 14.3 Å². The van der Waals surface area contributed by atoms with Gasteiger partial charge in [-0.2, -0.15) is 0 Å². The van der Waals surface area contributed by atoms with E-state index in [4.69, 9.17) is 16.3 Å². The number of alkyl halides is 1. The first-order valence-electron chi connectivity index (χ1n) is 8.85. The zero-order valence-electron chi connectivity index (χ0n) is 14.4. The molecule has 0 aromatic heterocycles. The molecule has 1 saturated carbocycles. The first kappa shape index (κ1) is 18.6. The normalized spacial score (nSPS) is 29.0. The summed E-state index contributed by atoms with van der Waals surface area (Å²) in [7, 11) is 0. The highest BCUT2D eigenvalue weighted by molar-refractivity contribution is 8.01. The fraction of sp³-hybridized carbons (Fsp3) is 0.579. The van der Waals surface area contributed by atoms with E-state index in [2.05, 4.69) is 24.3 Å². The fourth-order valence-corrected chi connectivity index (χ4v) is 5.83. The maximum absolute atomic E-state index is 12.5. The van der Waals surface area contributed by atoms with Crippen molar-refractivity contribution in [1.82, 2.24) is 4.90 Å². The molecule has 0 bridgehead atoms. The van der Waals surface area contributed by atoms with Crippen LogP contribution in [0.4, 0.5) is 0 Å². The number of esters is 1. The molecule has 136 valence electrons. The second-order valence-electron chi connectivity index (χ2n) is 6.61. The van der Waals surface area contributed by atoms with E-state index in [1.165, 1.54) is 5.56 Å². The molecule has 1 spiro atoms. The number of thioether (sulfide) groups is 1. The summed E-state index contributed by atoms with van der Waals surface area (Å²) in [5.41, 5.74) is 1.36. The van der Waals surface area contributed by atoms with Crippen LogP contribution >= 0.6 is 23.4 Å². The molecule has 1 aromatic rings. The van der Waals surface area contributed by atoms with Crippen LogP contribution in [0.25, 0.3) is 0 Å². The second-order valence-corrected chi connectivity index (χ2v) is 8.26. The number of ether oxygens (including phenoxy) is 1. The molecule has 3 rings (SSSR count). The average molecular weight is 382 g/mol. The maximum atomic E-state index is 12.5. The Balaban J connectivity index is 1.76. The molecule has 1 atom stereocenters. The summed E-state index contributed by atoms with van der Waals surface area (Å²) in [5, 5.41) is 0. The van der Waals surface area contributed by atoms with Crippen LogP contribution in [0.3, 0.4) is 0 Å². The van der Waals surface area contributed by atoms with Gasteiger partial charge in [0.15, 0.2) is 0 Å². The van der Waals surface area contributed by atoms with Gasteiger partial charge in [-0.15, -0.1) is 23.4 Å². The quantitative estimate of drug-likeness (QED) is 0.588. The molecule has 1 saturated heterocycles. The molecule has 6 heteroatoms. The van der Waals surface area contributed by atoms with Gasteiger partial charge >= 0.3 is 5.97 Å². The third-order valence-electron chi connectivity index (χ3n) is 5.24. The van der Waals surface area contributed by atoms with Crippen molar-refractivity contribution in [3.05, 3.63) is 35.9 Å². The lowest BCUT2D eigenvalue weighted by Gasteiger charge is -2.44. The topological polar surface area (TPSA) is 46.6 Å². The Morgan fingerprint density at radius 3 is 2.56 bits per heavy atom. The summed E-state index contributed by atoms with van der Waals surface area (Å²) < 4.78 is 5.19. The lowest BCUT2D eigenvalue weighted by atomic mass is 9.80. The Morgan fingerprint density at radius 1 is 1.28 bits per heavy atom. The summed E-state index contributed by atoms with van der Waals surface area (Å²) in [6.45, 7) is 2.11. The summed E-state index contributed by atoms with van der Waals surface area (Å²) in [6.07, 6.45) is 3.79. The largest absolute Gasteiger partial charge is 0.464 e. The highest BCUT2D eigenvalue weighted by Crippen LogP contribution is 2.52. The molecular formula is C19H24ClNO3S. The van der Waals surface area contributed by atoms with Crippen LogP contribution in [0, 0.1) is 0 Å². The minimum absolute atomic E-state index is 0.0969. The number of carbonyl (C=O) groups excluding carboxylic acids is 2. The van der Waals surface area contributed by atoms with Crippen LogP contribution in [0.1, 0.15) is 44.1 Å². The van der Waals surface area contributed by atoms with Crippen molar-refractivity contribution in [2.24, 2.45) is 0 Å². The van der Waals surface area contributed by atoms with E-state index in [0.717, 1.165) is 25.7 Å². The number of hydrogen-bond acceptors (Lipinski definition) is 4. The number of amides is 1. The Kier molecular flexibility index (Phi) is 5.95. The van der Waals surface area contributed by atoms with E-state index < -0.39 is 6.04 Å². The molecule has 1 aliphatic carbocycles. The number of halogens is 1. The number of hydrogen-bond donors (Lipinski definition) is 0. The number of carbonyl (C=O) groups is 2.